The van der Waals surface area contributed by atoms with E-state index in [9.17, 15) is 4.79 Å². The van der Waals surface area contributed by atoms with Gasteiger partial charge in [0, 0.05) is 17.6 Å². The second-order valence-corrected chi connectivity index (χ2v) is 6.84. The molecule has 0 radical (unpaired) electrons. The van der Waals surface area contributed by atoms with E-state index in [1.165, 1.54) is 18.0 Å². The zero-order chi connectivity index (χ0) is 20.8. The molecule has 0 spiro atoms. The van der Waals surface area contributed by atoms with Gasteiger partial charge in [-0.2, -0.15) is 0 Å². The van der Waals surface area contributed by atoms with Crippen LogP contribution in [0.2, 0.25) is 0 Å². The van der Waals surface area contributed by atoms with Crippen molar-refractivity contribution >= 4 is 23.2 Å². The molecule has 1 N–H and O–H groups in total. The lowest BCUT2D eigenvalue weighted by Crippen LogP contribution is -2.14. The first-order chi connectivity index (χ1) is 14.7. The number of alkyl halides is 1. The van der Waals surface area contributed by atoms with Crippen LogP contribution in [-0.2, 0) is 14.3 Å². The molecule has 1 aromatic carbocycles. The number of carbonyl (C=O) groups is 1. The maximum Gasteiger partial charge on any atom is 0.328 e. The summed E-state index contributed by atoms with van der Waals surface area (Å²) in [6.45, 7) is 0. The Morgan fingerprint density at radius 2 is 2.07 bits per heavy atom. The molecule has 2 aliphatic rings. The van der Waals surface area contributed by atoms with Crippen molar-refractivity contribution in [3.63, 3.8) is 0 Å². The number of nitrogens with one attached hydrogen (secondary N) is 1. The first-order valence-electron chi connectivity index (χ1n) is 9.38. The number of hydrogen-bond acceptors (Lipinski definition) is 5. The summed E-state index contributed by atoms with van der Waals surface area (Å²) in [4.78, 5) is 15.5. The Kier molecular flexibility index (Phi) is 6.15. The lowest BCUT2D eigenvalue weighted by Gasteiger charge is -2.25. The number of nitrogens with zero attached hydrogens (tertiary/aromatic N) is 1. The first kappa shape index (κ1) is 19.8. The Hall–Kier alpha value is -3.51. The zero-order valence-electron chi connectivity index (χ0n) is 16.0. The fraction of sp³-hybridized carbons (Fsp3) is 0.130. The van der Waals surface area contributed by atoms with Gasteiger partial charge in [-0.1, -0.05) is 48.6 Å². The molecule has 1 amide bonds. The van der Waals surface area contributed by atoms with Crippen molar-refractivity contribution < 1.29 is 19.0 Å². The van der Waals surface area contributed by atoms with Crippen molar-refractivity contribution in [2.24, 2.45) is 0 Å². The maximum absolute atomic E-state index is 11.3. The maximum atomic E-state index is 11.3. The van der Waals surface area contributed by atoms with Gasteiger partial charge in [-0.3, -0.25) is 4.79 Å². The molecule has 1 aliphatic heterocycles. The van der Waals surface area contributed by atoms with Crippen LogP contribution in [0.5, 0.6) is 5.88 Å². The molecule has 0 saturated carbocycles. The monoisotopic (exact) mass is 422 g/mol. The fourth-order valence-corrected chi connectivity index (χ4v) is 3.24. The molecular weight excluding hydrogens is 404 g/mol. The number of aromatic nitrogens is 1. The van der Waals surface area contributed by atoms with Crippen molar-refractivity contribution in [3.8, 4) is 5.88 Å². The van der Waals surface area contributed by atoms with Crippen LogP contribution in [0.3, 0.4) is 0 Å². The minimum Gasteiger partial charge on any atom is -0.461 e. The highest BCUT2D eigenvalue weighted by Crippen LogP contribution is 2.37. The molecule has 2 aromatic rings. The number of allylic oxidation sites excluding steroid dienone is 4. The average molecular weight is 423 g/mol. The summed E-state index contributed by atoms with van der Waals surface area (Å²) >= 11 is 5.48. The highest BCUT2D eigenvalue weighted by molar-refractivity contribution is 6.29. The van der Waals surface area contributed by atoms with Crippen LogP contribution in [0, 0.1) is 0 Å². The Labute approximate surface area is 179 Å². The quantitative estimate of drug-likeness (QED) is 0.664. The highest BCUT2D eigenvalue weighted by atomic mass is 35.5. The molecule has 1 aliphatic carbocycles. The van der Waals surface area contributed by atoms with Gasteiger partial charge < -0.3 is 19.5 Å². The van der Waals surface area contributed by atoms with Crippen LogP contribution >= 0.6 is 11.6 Å². The third-order valence-electron chi connectivity index (χ3n) is 4.54. The molecule has 1 unspecified atom stereocenters. The number of halogens is 1. The second kappa shape index (κ2) is 9.33. The van der Waals surface area contributed by atoms with Crippen molar-refractivity contribution in [2.75, 3.05) is 11.2 Å². The number of rotatable bonds is 6. The molecule has 4 rings (SSSR count). The Bertz CT molecular complexity index is 1030. The van der Waals surface area contributed by atoms with Crippen molar-refractivity contribution in [2.45, 2.75) is 12.3 Å². The Morgan fingerprint density at radius 3 is 2.83 bits per heavy atom. The second-order valence-electron chi connectivity index (χ2n) is 6.58. The van der Waals surface area contributed by atoms with E-state index < -0.39 is 0 Å². The van der Waals surface area contributed by atoms with E-state index in [2.05, 4.69) is 28.5 Å². The van der Waals surface area contributed by atoms with E-state index in [1.807, 2.05) is 30.4 Å². The molecule has 7 heteroatoms. The SMILES string of the molecule is O=C(CCl)Nc1ccc(OC2=COC=C(C3=CC=CCC3c3ccccc3)O2)nc1. The Balaban J connectivity index is 1.44. The van der Waals surface area contributed by atoms with E-state index in [1.54, 1.807) is 18.4 Å². The Morgan fingerprint density at radius 1 is 1.20 bits per heavy atom. The number of hydrogen-bond donors (Lipinski definition) is 1. The summed E-state index contributed by atoms with van der Waals surface area (Å²) in [7, 11) is 0. The van der Waals surface area contributed by atoms with Crippen LogP contribution in [0.1, 0.15) is 17.9 Å². The lowest BCUT2D eigenvalue weighted by molar-refractivity contribution is -0.113. The summed E-state index contributed by atoms with van der Waals surface area (Å²) in [6.07, 6.45) is 11.4. The van der Waals surface area contributed by atoms with E-state index in [4.69, 9.17) is 25.8 Å². The number of carbonyl (C=O) groups excluding carboxylic acids is 1. The summed E-state index contributed by atoms with van der Waals surface area (Å²) in [5.74, 6) is 0.772. The largest absolute Gasteiger partial charge is 0.461 e. The zero-order valence-corrected chi connectivity index (χ0v) is 16.7. The third-order valence-corrected chi connectivity index (χ3v) is 4.78. The van der Waals surface area contributed by atoms with Crippen LogP contribution in [0.25, 0.3) is 0 Å². The topological polar surface area (TPSA) is 69.7 Å². The minimum atomic E-state index is -0.309. The minimum absolute atomic E-state index is 0.125. The molecule has 152 valence electrons. The van der Waals surface area contributed by atoms with Gasteiger partial charge in [-0.25, -0.2) is 4.98 Å². The summed E-state index contributed by atoms with van der Waals surface area (Å²) in [5.41, 5.74) is 2.73. The number of pyridine rings is 1. The number of ether oxygens (including phenoxy) is 3. The van der Waals surface area contributed by atoms with Gasteiger partial charge in [0.05, 0.1) is 11.9 Å². The molecule has 0 saturated heterocycles. The molecule has 1 aromatic heterocycles. The van der Waals surface area contributed by atoms with Gasteiger partial charge in [0.1, 0.15) is 12.1 Å². The predicted molar refractivity (Wildman–Crippen MR) is 114 cm³/mol. The molecule has 0 bridgehead atoms. The normalized spacial score (nSPS) is 17.6. The standard InChI is InChI=1S/C23H19ClN2O4/c24-12-21(27)26-17-10-11-22(25-13-17)30-23-15-28-14-20(29-23)19-9-5-4-8-18(19)16-6-2-1-3-7-16/h1-7,9-11,13-15,18H,8,12H2,(H,26,27). The smallest absolute Gasteiger partial charge is 0.328 e. The van der Waals surface area contributed by atoms with Crippen LogP contribution in [0.15, 0.2) is 96.7 Å². The molecule has 0 fully saturated rings. The van der Waals surface area contributed by atoms with Gasteiger partial charge >= 0.3 is 5.95 Å². The van der Waals surface area contributed by atoms with E-state index in [0.717, 1.165) is 12.0 Å². The number of benzene rings is 1. The summed E-state index contributed by atoms with van der Waals surface area (Å²) < 4.78 is 17.1. The molecule has 1 atom stereocenters. The molecule has 30 heavy (non-hydrogen) atoms. The van der Waals surface area contributed by atoms with Gasteiger partial charge in [0.25, 0.3) is 0 Å². The first-order valence-corrected chi connectivity index (χ1v) is 9.92. The molecule has 2 heterocycles. The van der Waals surface area contributed by atoms with Gasteiger partial charge in [-0.15, -0.1) is 11.6 Å². The van der Waals surface area contributed by atoms with Crippen molar-refractivity contribution in [1.82, 2.24) is 4.98 Å². The predicted octanol–water partition coefficient (Wildman–Crippen LogP) is 4.99. The van der Waals surface area contributed by atoms with Crippen molar-refractivity contribution in [3.05, 3.63) is 102 Å². The lowest BCUT2D eigenvalue weighted by atomic mass is 9.84. The molecular formula is C23H19ClN2O4. The fourth-order valence-electron chi connectivity index (χ4n) is 3.18. The number of amides is 1. The van der Waals surface area contributed by atoms with Gasteiger partial charge in [0.15, 0.2) is 12.0 Å². The highest BCUT2D eigenvalue weighted by Gasteiger charge is 2.25. The summed E-state index contributed by atoms with van der Waals surface area (Å²) in [6, 6.07) is 13.5. The van der Waals surface area contributed by atoms with Crippen LogP contribution in [0.4, 0.5) is 5.69 Å². The number of anilines is 1. The molecule has 6 nitrogen and oxygen atoms in total. The van der Waals surface area contributed by atoms with E-state index in [0.29, 0.717) is 17.3 Å². The van der Waals surface area contributed by atoms with E-state index in [-0.39, 0.29) is 23.7 Å². The van der Waals surface area contributed by atoms with Gasteiger partial charge in [0.2, 0.25) is 11.8 Å². The third kappa shape index (κ3) is 4.72. The summed E-state index contributed by atoms with van der Waals surface area (Å²) in [5, 5.41) is 2.61. The van der Waals surface area contributed by atoms with Gasteiger partial charge in [-0.05, 0) is 18.1 Å². The van der Waals surface area contributed by atoms with Crippen LogP contribution < -0.4 is 10.1 Å². The average Bonchev–Trinajstić information content (AvgIpc) is 2.81. The van der Waals surface area contributed by atoms with E-state index >= 15 is 0 Å². The van der Waals surface area contributed by atoms with Crippen LogP contribution in [-0.4, -0.2) is 16.8 Å². The van der Waals surface area contributed by atoms with Crippen molar-refractivity contribution in [1.29, 1.82) is 0 Å².